The molecule has 1 heterocycles. The Balaban J connectivity index is 2.15. The number of aryl methyl sites for hydroxylation is 1. The molecule has 1 aromatic rings. The summed E-state index contributed by atoms with van der Waals surface area (Å²) in [5.41, 5.74) is 0.993. The molecule has 0 unspecified atom stereocenters. The lowest BCUT2D eigenvalue weighted by molar-refractivity contribution is 0.418. The largest absolute Gasteiger partial charge is 0.364 e. The van der Waals surface area contributed by atoms with E-state index in [1.807, 2.05) is 6.92 Å². The third-order valence-corrected chi connectivity index (χ3v) is 3.68. The Morgan fingerprint density at radius 3 is 2.88 bits per heavy atom. The van der Waals surface area contributed by atoms with Crippen molar-refractivity contribution in [2.24, 2.45) is 0 Å². The first-order chi connectivity index (χ1) is 7.64. The van der Waals surface area contributed by atoms with Crippen LogP contribution in [0.15, 0.2) is 17.0 Å². The van der Waals surface area contributed by atoms with E-state index < -0.39 is 10.0 Å². The highest BCUT2D eigenvalue weighted by atomic mass is 32.2. The maximum absolute atomic E-state index is 11.4. The fourth-order valence-electron chi connectivity index (χ4n) is 1.28. The molecule has 0 bridgehead atoms. The number of hydrogen-bond acceptors (Lipinski definition) is 4. The van der Waals surface area contributed by atoms with E-state index in [-0.39, 0.29) is 5.75 Å². The van der Waals surface area contributed by atoms with E-state index in [9.17, 15) is 8.42 Å². The Labute approximate surface area is 96.3 Å². The number of aromatic nitrogens is 1. The zero-order valence-corrected chi connectivity index (χ0v) is 10.3. The molecule has 0 fully saturated rings. The van der Waals surface area contributed by atoms with Crippen LogP contribution in [0.25, 0.3) is 0 Å². The molecule has 1 aromatic heterocycles. The minimum absolute atomic E-state index is 0.219. The van der Waals surface area contributed by atoms with Gasteiger partial charge in [-0.25, -0.2) is 13.1 Å². The van der Waals surface area contributed by atoms with Gasteiger partial charge in [-0.15, -0.1) is 0 Å². The van der Waals surface area contributed by atoms with Gasteiger partial charge in [-0.2, -0.15) is 0 Å². The van der Waals surface area contributed by atoms with Gasteiger partial charge in [-0.1, -0.05) is 18.5 Å². The van der Waals surface area contributed by atoms with Gasteiger partial charge in [-0.3, -0.25) is 0 Å². The van der Waals surface area contributed by atoms with Crippen molar-refractivity contribution in [1.29, 1.82) is 0 Å². The van der Waals surface area contributed by atoms with Gasteiger partial charge in [0.2, 0.25) is 10.0 Å². The zero-order valence-electron chi connectivity index (χ0n) is 9.48. The third kappa shape index (κ3) is 5.27. The summed E-state index contributed by atoms with van der Waals surface area (Å²) in [5.74, 6) is 0.219. The first kappa shape index (κ1) is 13.2. The van der Waals surface area contributed by atoms with Crippen molar-refractivity contribution >= 4 is 10.0 Å². The summed E-state index contributed by atoms with van der Waals surface area (Å²) in [6, 6.07) is 0. The summed E-state index contributed by atoms with van der Waals surface area (Å²) in [4.78, 5) is 0. The number of sulfonamides is 1. The predicted octanol–water partition coefficient (Wildman–Crippen LogP) is 1.33. The maximum Gasteiger partial charge on any atom is 0.211 e. The van der Waals surface area contributed by atoms with E-state index in [2.05, 4.69) is 14.4 Å². The molecule has 5 nitrogen and oxygen atoms in total. The summed E-state index contributed by atoms with van der Waals surface area (Å²) in [7, 11) is -3.07. The summed E-state index contributed by atoms with van der Waals surface area (Å²) in [6.07, 6.45) is 6.35. The minimum Gasteiger partial charge on any atom is -0.364 e. The highest BCUT2D eigenvalue weighted by Crippen LogP contribution is 2.00. The molecule has 16 heavy (non-hydrogen) atoms. The van der Waals surface area contributed by atoms with Gasteiger partial charge in [0.05, 0.1) is 11.9 Å². The molecule has 0 amide bonds. The molecule has 0 saturated heterocycles. The number of rotatable bonds is 8. The number of unbranched alkanes of at least 4 members (excludes halogenated alkanes) is 1. The van der Waals surface area contributed by atoms with Crippen molar-refractivity contribution in [3.8, 4) is 0 Å². The van der Waals surface area contributed by atoms with Crippen molar-refractivity contribution in [2.45, 2.75) is 32.6 Å². The number of hydrogen-bond donors (Lipinski definition) is 1. The third-order valence-electron chi connectivity index (χ3n) is 2.21. The summed E-state index contributed by atoms with van der Waals surface area (Å²) in [5, 5.41) is 3.58. The van der Waals surface area contributed by atoms with Gasteiger partial charge in [0.1, 0.15) is 6.26 Å². The Hall–Kier alpha value is -0.880. The average Bonchev–Trinajstić information content (AvgIpc) is 2.75. The smallest absolute Gasteiger partial charge is 0.211 e. The first-order valence-electron chi connectivity index (χ1n) is 5.49. The monoisotopic (exact) mass is 246 g/mol. The number of nitrogens with one attached hydrogen (secondary N) is 1. The van der Waals surface area contributed by atoms with Crippen LogP contribution in [0.4, 0.5) is 0 Å². The lowest BCUT2D eigenvalue weighted by atomic mass is 10.2. The number of nitrogens with zero attached hydrogens (tertiary/aromatic N) is 1. The summed E-state index contributed by atoms with van der Waals surface area (Å²) in [6.45, 7) is 2.44. The van der Waals surface area contributed by atoms with Gasteiger partial charge >= 0.3 is 0 Å². The van der Waals surface area contributed by atoms with Crippen LogP contribution in [0.2, 0.25) is 0 Å². The molecular formula is C10H18N2O3S. The Kier molecular flexibility index (Phi) is 5.48. The molecule has 0 aliphatic carbocycles. The second-order valence-electron chi connectivity index (χ2n) is 3.70. The lowest BCUT2D eigenvalue weighted by Gasteiger charge is -2.04. The lowest BCUT2D eigenvalue weighted by Crippen LogP contribution is -2.27. The van der Waals surface area contributed by atoms with Crippen molar-refractivity contribution in [2.75, 3.05) is 12.3 Å². The summed E-state index contributed by atoms with van der Waals surface area (Å²) >= 11 is 0. The van der Waals surface area contributed by atoms with E-state index in [4.69, 9.17) is 0 Å². The van der Waals surface area contributed by atoms with Crippen molar-refractivity contribution in [3.63, 3.8) is 0 Å². The molecule has 0 radical (unpaired) electrons. The predicted molar refractivity (Wildman–Crippen MR) is 61.5 cm³/mol. The second-order valence-corrected chi connectivity index (χ2v) is 5.63. The highest BCUT2D eigenvalue weighted by molar-refractivity contribution is 7.89. The van der Waals surface area contributed by atoms with Gasteiger partial charge < -0.3 is 4.52 Å². The highest BCUT2D eigenvalue weighted by Gasteiger charge is 2.07. The Morgan fingerprint density at radius 1 is 1.44 bits per heavy atom. The quantitative estimate of drug-likeness (QED) is 0.702. The zero-order chi connectivity index (χ0) is 11.9. The van der Waals surface area contributed by atoms with Gasteiger partial charge in [-0.05, 0) is 19.3 Å². The van der Waals surface area contributed by atoms with Crippen molar-refractivity contribution < 1.29 is 12.9 Å². The fraction of sp³-hybridized carbons (Fsp3) is 0.700. The average molecular weight is 246 g/mol. The van der Waals surface area contributed by atoms with Crippen LogP contribution in [-0.4, -0.2) is 25.9 Å². The van der Waals surface area contributed by atoms with Gasteiger partial charge in [0.25, 0.3) is 0 Å². The van der Waals surface area contributed by atoms with Gasteiger partial charge in [0.15, 0.2) is 0 Å². The molecule has 0 atom stereocenters. The van der Waals surface area contributed by atoms with Gasteiger partial charge in [0, 0.05) is 12.1 Å². The van der Waals surface area contributed by atoms with Crippen LogP contribution in [0.3, 0.4) is 0 Å². The first-order valence-corrected chi connectivity index (χ1v) is 7.15. The minimum atomic E-state index is -3.07. The van der Waals surface area contributed by atoms with Crippen LogP contribution < -0.4 is 4.72 Å². The molecular weight excluding hydrogens is 228 g/mol. The summed E-state index contributed by atoms with van der Waals surface area (Å²) < 4.78 is 30.1. The van der Waals surface area contributed by atoms with Crippen LogP contribution in [0, 0.1) is 0 Å². The molecule has 0 aliphatic heterocycles. The Morgan fingerprint density at radius 2 is 2.25 bits per heavy atom. The van der Waals surface area contributed by atoms with E-state index in [1.165, 1.54) is 0 Å². The maximum atomic E-state index is 11.4. The Bertz CT molecular complexity index is 373. The van der Waals surface area contributed by atoms with Crippen LogP contribution >= 0.6 is 0 Å². The normalized spacial score (nSPS) is 11.8. The van der Waals surface area contributed by atoms with Crippen molar-refractivity contribution in [3.05, 3.63) is 18.0 Å². The topological polar surface area (TPSA) is 72.2 Å². The van der Waals surface area contributed by atoms with E-state index in [0.717, 1.165) is 24.8 Å². The second kappa shape index (κ2) is 6.65. The van der Waals surface area contributed by atoms with Crippen LogP contribution in [0.5, 0.6) is 0 Å². The SMILES string of the molecule is CCCCS(=O)(=O)NCCCc1cnoc1. The van der Waals surface area contributed by atoms with Crippen molar-refractivity contribution in [1.82, 2.24) is 9.88 Å². The van der Waals surface area contributed by atoms with E-state index in [0.29, 0.717) is 13.0 Å². The molecule has 0 saturated carbocycles. The molecule has 1 N–H and O–H groups in total. The van der Waals surface area contributed by atoms with E-state index >= 15 is 0 Å². The van der Waals surface area contributed by atoms with E-state index in [1.54, 1.807) is 12.5 Å². The van der Waals surface area contributed by atoms with Crippen LogP contribution in [-0.2, 0) is 16.4 Å². The molecule has 92 valence electrons. The standard InChI is InChI=1S/C10H18N2O3S/c1-2-3-7-16(13,14)12-6-4-5-10-8-11-15-9-10/h8-9,12H,2-7H2,1H3. The molecule has 0 aromatic carbocycles. The fourth-order valence-corrected chi connectivity index (χ4v) is 2.55. The molecule has 6 heteroatoms. The molecule has 0 spiro atoms. The molecule has 0 aliphatic rings. The van der Waals surface area contributed by atoms with Crippen LogP contribution in [0.1, 0.15) is 31.7 Å². The molecule has 1 rings (SSSR count).